The highest BCUT2D eigenvalue weighted by molar-refractivity contribution is 6.80. The van der Waals surface area contributed by atoms with Gasteiger partial charge in [0.15, 0.2) is 0 Å². The topological polar surface area (TPSA) is 12.5 Å². The van der Waals surface area contributed by atoms with Crippen molar-refractivity contribution in [1.29, 1.82) is 0 Å². The average molecular weight is 253 g/mol. The molecule has 86 valence electrons. The predicted molar refractivity (Wildman–Crippen MR) is 71.6 cm³/mol. The van der Waals surface area contributed by atoms with Crippen LogP contribution >= 0.6 is 11.6 Å². The van der Waals surface area contributed by atoms with Gasteiger partial charge in [0.2, 0.25) is 0 Å². The summed E-state index contributed by atoms with van der Waals surface area (Å²) >= 11 is 6.12. The van der Waals surface area contributed by atoms with Gasteiger partial charge in [-0.25, -0.2) is 0 Å². The second-order valence-electron chi connectivity index (χ2n) is 5.27. The lowest BCUT2D eigenvalue weighted by Gasteiger charge is -2.07. The van der Waals surface area contributed by atoms with E-state index in [1.165, 1.54) is 0 Å². The smallest absolute Gasteiger partial charge is 0.115 e. The summed E-state index contributed by atoms with van der Waals surface area (Å²) in [6.45, 7) is 6.95. The zero-order chi connectivity index (χ0) is 11.8. The third kappa shape index (κ3) is 2.97. The molecule has 1 aliphatic heterocycles. The second-order valence-corrected chi connectivity index (χ2v) is 10.7. The largest absolute Gasteiger partial charge is 0.360 e. The maximum atomic E-state index is 6.12. The van der Waals surface area contributed by atoms with E-state index in [2.05, 4.69) is 31.4 Å². The normalized spacial score (nSPS) is 25.0. The van der Waals surface area contributed by atoms with E-state index in [4.69, 9.17) is 16.3 Å². The fourth-order valence-electron chi connectivity index (χ4n) is 1.61. The van der Waals surface area contributed by atoms with Gasteiger partial charge in [-0.3, -0.25) is 0 Å². The molecule has 0 N–H and O–H groups in total. The highest BCUT2D eigenvalue weighted by Crippen LogP contribution is 2.42. The molecule has 0 aliphatic carbocycles. The minimum Gasteiger partial charge on any atom is -0.360 e. The van der Waals surface area contributed by atoms with E-state index in [1.807, 2.05) is 24.3 Å². The molecule has 1 aromatic rings. The van der Waals surface area contributed by atoms with E-state index in [-0.39, 0.29) is 12.2 Å². The lowest BCUT2D eigenvalue weighted by atomic mass is 10.1. The van der Waals surface area contributed by atoms with Gasteiger partial charge in [0.25, 0.3) is 0 Å². The van der Waals surface area contributed by atoms with Gasteiger partial charge in [-0.15, -0.1) is 0 Å². The molecule has 1 aliphatic rings. The van der Waals surface area contributed by atoms with Crippen LogP contribution in [0.2, 0.25) is 24.7 Å². The van der Waals surface area contributed by atoms with Crippen molar-refractivity contribution in [3.05, 3.63) is 46.6 Å². The first kappa shape index (κ1) is 11.9. The maximum Gasteiger partial charge on any atom is 0.115 e. The van der Waals surface area contributed by atoms with Crippen LogP contribution < -0.4 is 0 Å². The monoisotopic (exact) mass is 252 g/mol. The van der Waals surface area contributed by atoms with E-state index >= 15 is 0 Å². The molecule has 1 aromatic carbocycles. The predicted octanol–water partition coefficient (Wildman–Crippen LogP) is 4.21. The molecular formula is C13H17ClOSi. The van der Waals surface area contributed by atoms with Gasteiger partial charge in [0.05, 0.1) is 8.07 Å². The Bertz CT molecular complexity index is 409. The Hall–Kier alpha value is -0.573. The second kappa shape index (κ2) is 4.36. The number of hydrogen-bond donors (Lipinski definition) is 0. The molecule has 1 fully saturated rings. The molecule has 1 heterocycles. The summed E-state index contributed by atoms with van der Waals surface area (Å²) in [5, 5.41) is 0.802. The summed E-state index contributed by atoms with van der Waals surface area (Å²) in [7, 11) is -1.12. The zero-order valence-corrected chi connectivity index (χ0v) is 11.7. The Labute approximate surface area is 103 Å². The summed E-state index contributed by atoms with van der Waals surface area (Å²) in [6, 6.07) is 7.90. The third-order valence-corrected chi connectivity index (χ3v) is 4.06. The Balaban J connectivity index is 2.03. The molecular weight excluding hydrogens is 236 g/mol. The van der Waals surface area contributed by atoms with Crippen molar-refractivity contribution >= 4 is 19.7 Å². The molecule has 2 atom stereocenters. The van der Waals surface area contributed by atoms with Crippen LogP contribution in [0.3, 0.4) is 0 Å². The summed E-state index contributed by atoms with van der Waals surface area (Å²) in [5.74, 6) is 0. The van der Waals surface area contributed by atoms with Gasteiger partial charge in [0.1, 0.15) is 12.2 Å². The molecule has 16 heavy (non-hydrogen) atoms. The molecule has 3 heteroatoms. The lowest BCUT2D eigenvalue weighted by Crippen LogP contribution is -2.15. The van der Waals surface area contributed by atoms with Crippen molar-refractivity contribution in [2.45, 2.75) is 31.8 Å². The Morgan fingerprint density at radius 3 is 2.56 bits per heavy atom. The van der Waals surface area contributed by atoms with Gasteiger partial charge in [0, 0.05) is 10.6 Å². The first-order valence-corrected chi connectivity index (χ1v) is 9.52. The van der Waals surface area contributed by atoms with Crippen molar-refractivity contribution < 1.29 is 4.74 Å². The van der Waals surface area contributed by atoms with Crippen LogP contribution in [0.1, 0.15) is 11.7 Å². The van der Waals surface area contributed by atoms with Crippen LogP contribution in [0.5, 0.6) is 0 Å². The Kier molecular flexibility index (Phi) is 3.24. The summed E-state index contributed by atoms with van der Waals surface area (Å²) < 4.78 is 5.63. The molecule has 2 rings (SSSR count). The summed E-state index contributed by atoms with van der Waals surface area (Å²) in [6.07, 6.45) is 2.59. The van der Waals surface area contributed by atoms with Crippen LogP contribution in [0.15, 0.2) is 36.0 Å². The summed E-state index contributed by atoms with van der Waals surface area (Å²) in [5.41, 5.74) is 3.43. The molecule has 0 saturated carbocycles. The SMILES string of the molecule is C[Si](C)(C)/C=C/[C@H]1O[C@H]1c1ccccc1Cl. The minimum absolute atomic E-state index is 0.168. The van der Waals surface area contributed by atoms with Crippen LogP contribution in [0, 0.1) is 0 Å². The van der Waals surface area contributed by atoms with Gasteiger partial charge >= 0.3 is 0 Å². The molecule has 0 aromatic heterocycles. The van der Waals surface area contributed by atoms with E-state index in [9.17, 15) is 0 Å². The zero-order valence-electron chi connectivity index (χ0n) is 9.91. The lowest BCUT2D eigenvalue weighted by molar-refractivity contribution is 0.394. The van der Waals surface area contributed by atoms with Gasteiger partial charge in [-0.2, -0.15) is 0 Å². The first-order chi connectivity index (χ1) is 7.47. The number of benzene rings is 1. The number of hydrogen-bond acceptors (Lipinski definition) is 1. The Morgan fingerprint density at radius 1 is 1.25 bits per heavy atom. The van der Waals surface area contributed by atoms with E-state index in [0.29, 0.717) is 0 Å². The molecule has 0 radical (unpaired) electrons. The fourth-order valence-corrected chi connectivity index (χ4v) is 2.62. The maximum absolute atomic E-state index is 6.12. The van der Waals surface area contributed by atoms with Crippen molar-refractivity contribution in [1.82, 2.24) is 0 Å². The minimum atomic E-state index is -1.12. The first-order valence-electron chi connectivity index (χ1n) is 5.57. The van der Waals surface area contributed by atoms with E-state index in [0.717, 1.165) is 10.6 Å². The third-order valence-electron chi connectivity index (χ3n) is 2.52. The van der Waals surface area contributed by atoms with Crippen LogP contribution in [-0.2, 0) is 4.74 Å². The van der Waals surface area contributed by atoms with Crippen LogP contribution in [-0.4, -0.2) is 14.2 Å². The van der Waals surface area contributed by atoms with Crippen LogP contribution in [0.4, 0.5) is 0 Å². The van der Waals surface area contributed by atoms with Crippen LogP contribution in [0.25, 0.3) is 0 Å². The Morgan fingerprint density at radius 2 is 1.94 bits per heavy atom. The number of halogens is 1. The van der Waals surface area contributed by atoms with Gasteiger partial charge in [-0.05, 0) is 6.07 Å². The van der Waals surface area contributed by atoms with E-state index in [1.54, 1.807) is 0 Å². The molecule has 0 unspecified atom stereocenters. The van der Waals surface area contributed by atoms with Crippen molar-refractivity contribution in [2.24, 2.45) is 0 Å². The molecule has 1 saturated heterocycles. The van der Waals surface area contributed by atoms with Gasteiger partial charge < -0.3 is 4.74 Å². The van der Waals surface area contributed by atoms with E-state index < -0.39 is 8.07 Å². The van der Waals surface area contributed by atoms with Gasteiger partial charge in [-0.1, -0.05) is 61.2 Å². The highest BCUT2D eigenvalue weighted by Gasteiger charge is 2.39. The van der Waals surface area contributed by atoms with Crippen molar-refractivity contribution in [3.63, 3.8) is 0 Å². The number of rotatable bonds is 3. The number of epoxide rings is 1. The quantitative estimate of drug-likeness (QED) is 0.580. The fraction of sp³-hybridized carbons (Fsp3) is 0.385. The molecule has 0 spiro atoms. The van der Waals surface area contributed by atoms with Crippen molar-refractivity contribution in [3.8, 4) is 0 Å². The summed E-state index contributed by atoms with van der Waals surface area (Å²) in [4.78, 5) is 0. The average Bonchev–Trinajstić information content (AvgIpc) is 2.94. The standard InChI is InChI=1S/C13H17ClOSi/c1-16(2,3)9-8-12-13(15-12)10-6-4-5-7-11(10)14/h4-9,12-13H,1-3H3/b9-8+/t12-,13+/m1/s1. The molecule has 0 bridgehead atoms. The highest BCUT2D eigenvalue weighted by atomic mass is 35.5. The molecule has 0 amide bonds. The van der Waals surface area contributed by atoms with Crippen molar-refractivity contribution in [2.75, 3.05) is 0 Å². The molecule has 1 nitrogen and oxygen atoms in total. The number of ether oxygens (including phenoxy) is 1.